The zero-order valence-electron chi connectivity index (χ0n) is 70.2. The third-order valence-electron chi connectivity index (χ3n) is 25.2. The molecule has 2 aliphatic rings. The Morgan fingerprint density at radius 1 is 0.146 bits per heavy atom. The van der Waals surface area contributed by atoms with Crippen LogP contribution in [0.2, 0.25) is 0 Å². The Morgan fingerprint density at radius 2 is 0.362 bits per heavy atom. The van der Waals surface area contributed by atoms with Crippen LogP contribution in [0.1, 0.15) is 11.1 Å². The molecule has 0 saturated heterocycles. The number of hydrogen-bond donors (Lipinski definition) is 0. The van der Waals surface area contributed by atoms with Gasteiger partial charge in [0.2, 0.25) is 0 Å². The maximum Gasteiger partial charge on any atom is 0.164 e. The maximum absolute atomic E-state index is 9.34. The molecule has 0 unspecified atom stereocenters. The fraction of sp³-hybridized carbons (Fsp3) is 0. The van der Waals surface area contributed by atoms with E-state index in [0.29, 0.717) is 46.1 Å². The van der Waals surface area contributed by atoms with Crippen LogP contribution >= 0.6 is 0 Å². The van der Waals surface area contributed by atoms with Crippen LogP contribution in [0.3, 0.4) is 0 Å². The van der Waals surface area contributed by atoms with Crippen LogP contribution < -0.4 is 0 Å². The van der Waals surface area contributed by atoms with Crippen molar-refractivity contribution in [1.29, 1.82) is 10.5 Å². The number of rotatable bonds is 15. The lowest BCUT2D eigenvalue weighted by Gasteiger charge is -2.18. The molecular weight excluding hydrogens is 1580 g/mol. The normalized spacial score (nSPS) is 11.4. The number of fused-ring (bicyclic) bond motifs is 7. The van der Waals surface area contributed by atoms with Crippen LogP contribution in [-0.4, -0.2) is 34.9 Å². The van der Waals surface area contributed by atoms with Gasteiger partial charge < -0.3 is 0 Å². The van der Waals surface area contributed by atoms with Gasteiger partial charge in [-0.1, -0.05) is 406 Å². The number of nitriles is 2. The van der Waals surface area contributed by atoms with Gasteiger partial charge in [-0.05, 0) is 191 Å². The fourth-order valence-corrected chi connectivity index (χ4v) is 18.7. The van der Waals surface area contributed by atoms with Crippen molar-refractivity contribution >= 4 is 32.3 Å². The molecule has 3 heterocycles. The lowest BCUT2D eigenvalue weighted by atomic mass is 9.85. The minimum Gasteiger partial charge on any atom is -0.256 e. The molecule has 130 heavy (non-hydrogen) atoms. The molecule has 3 aromatic heterocycles. The highest BCUT2D eigenvalue weighted by Crippen LogP contribution is 2.55. The second-order valence-corrected chi connectivity index (χ2v) is 32.7. The van der Waals surface area contributed by atoms with Gasteiger partial charge in [0.15, 0.2) is 34.9 Å². The van der Waals surface area contributed by atoms with Crippen LogP contribution in [0.4, 0.5) is 0 Å². The average Bonchev–Trinajstić information content (AvgIpc) is 1.54. The number of pyridine rings is 1. The van der Waals surface area contributed by atoms with Crippen molar-refractivity contribution in [1.82, 2.24) is 34.9 Å². The van der Waals surface area contributed by atoms with Crippen LogP contribution in [0.25, 0.3) is 245 Å². The van der Waals surface area contributed by atoms with E-state index in [0.717, 1.165) is 111 Å². The molecule has 2 aliphatic carbocycles. The zero-order valence-corrected chi connectivity index (χ0v) is 70.2. The molecule has 0 amide bonds. The first kappa shape index (κ1) is 77.0. The van der Waals surface area contributed by atoms with Crippen molar-refractivity contribution in [3.8, 4) is 225 Å². The van der Waals surface area contributed by atoms with E-state index in [4.69, 9.17) is 34.9 Å². The smallest absolute Gasteiger partial charge is 0.164 e. The molecular formula is C121H73N9. The second-order valence-electron chi connectivity index (χ2n) is 32.7. The monoisotopic (exact) mass is 1650 g/mol. The summed E-state index contributed by atoms with van der Waals surface area (Å²) in [5.74, 6) is 3.85. The Bertz CT molecular complexity index is 8070. The summed E-state index contributed by atoms with van der Waals surface area (Å²) < 4.78 is 0. The summed E-state index contributed by atoms with van der Waals surface area (Å²) in [5, 5.41) is 26.0. The Labute approximate surface area is 752 Å². The summed E-state index contributed by atoms with van der Waals surface area (Å²) >= 11 is 0. The molecule has 9 nitrogen and oxygen atoms in total. The van der Waals surface area contributed by atoms with Crippen molar-refractivity contribution in [3.05, 3.63) is 454 Å². The first-order valence-electron chi connectivity index (χ1n) is 43.5. The van der Waals surface area contributed by atoms with E-state index in [1.54, 1.807) is 0 Å². The number of nitrogens with zero attached hydrogens (tertiary/aromatic N) is 9. The van der Waals surface area contributed by atoms with E-state index in [2.05, 4.69) is 279 Å². The highest BCUT2D eigenvalue weighted by Gasteiger charge is 2.29. The van der Waals surface area contributed by atoms with Gasteiger partial charge in [-0.2, -0.15) is 10.5 Å². The largest absolute Gasteiger partial charge is 0.256 e. The van der Waals surface area contributed by atoms with E-state index in [-0.39, 0.29) is 0 Å². The summed E-state index contributed by atoms with van der Waals surface area (Å²) in [5.41, 5.74) is 37.2. The lowest BCUT2D eigenvalue weighted by Crippen LogP contribution is -2.00. The highest BCUT2D eigenvalue weighted by molar-refractivity contribution is 6.25. The van der Waals surface area contributed by atoms with Gasteiger partial charge in [-0.3, -0.25) is 4.98 Å². The Balaban J connectivity index is 0.000000148. The first-order valence-corrected chi connectivity index (χ1v) is 43.5. The molecule has 0 spiro atoms. The van der Waals surface area contributed by atoms with E-state index in [1.165, 1.54) is 99.1 Å². The topological polar surface area (TPSA) is 138 Å². The summed E-state index contributed by atoms with van der Waals surface area (Å²) in [4.78, 5) is 34.4. The minimum atomic E-state index is 0.633. The highest BCUT2D eigenvalue weighted by atomic mass is 15.0. The first-order chi connectivity index (χ1) is 64.3. The summed E-state index contributed by atoms with van der Waals surface area (Å²) in [6.45, 7) is 0. The van der Waals surface area contributed by atoms with Gasteiger partial charge in [0.1, 0.15) is 0 Å². The molecule has 22 aromatic rings. The van der Waals surface area contributed by atoms with Gasteiger partial charge in [-0.25, -0.2) is 29.9 Å². The molecule has 0 radical (unpaired) electrons. The predicted octanol–water partition coefficient (Wildman–Crippen LogP) is 30.6. The van der Waals surface area contributed by atoms with Crippen molar-refractivity contribution < 1.29 is 0 Å². The number of aromatic nitrogens is 7. The van der Waals surface area contributed by atoms with Gasteiger partial charge in [0, 0.05) is 50.7 Å². The molecule has 19 aromatic carbocycles. The SMILES string of the molecule is N#Cc1ccc(-c2ccc(-c3ccc4c5c(ccc(-c6ccc(-c7ccc(-c8ccc(-c9nc(-c%10ccccc%10)nc(-c%10ccccc%10)n9)cc8)cc7)cc6)c35)-c3ccccc3-4)cn2)cc1.N#Cc1ccc(-c2ccc(-c3ccc4c5c(ccc(-c6ccc(-c7ccc(-c8nc(-c9ccccc9)nc(-c9ccccc9)n8)cc7)c7ccccc67)c35)-c3ccccc3-4)cc2)cc1. The summed E-state index contributed by atoms with van der Waals surface area (Å²) in [6.07, 6.45) is 1.98. The summed E-state index contributed by atoms with van der Waals surface area (Å²) in [6, 6.07) is 157. The van der Waals surface area contributed by atoms with Crippen LogP contribution in [0.15, 0.2) is 443 Å². The molecule has 0 N–H and O–H groups in total. The number of benzene rings is 19. The molecule has 24 rings (SSSR count). The molecule has 9 heteroatoms. The zero-order chi connectivity index (χ0) is 86.5. The maximum atomic E-state index is 9.34. The van der Waals surface area contributed by atoms with Gasteiger partial charge >= 0.3 is 0 Å². The van der Waals surface area contributed by atoms with Gasteiger partial charge in [-0.15, -0.1) is 0 Å². The molecule has 0 atom stereocenters. The quantitative estimate of drug-likeness (QED) is 0.0982. The standard InChI is InChI=1S/C61H37N5.C60H36N4/c62-37-39-15-17-45(18-16-39)56-36-31-49(38-63-56)51-33-35-55-53-14-8-7-13-52(53)54-34-32-50(57(51)58(54)55)44-27-23-42(24-28-44)40-19-21-41(22-20-40)43-25-29-48(30-26-43)61-65-59(46-9-3-1-4-10-46)64-60(66-61)47-11-5-2-6-12-47;61-37-38-19-21-39(22-20-38)40-23-25-42(26-24-40)47-32-34-53-50-17-9-10-18-51(50)54-35-36-55(56(47)57(53)54)52-33-31-46(48-15-7-8-16-49(48)52)41-27-29-45(30-28-41)60-63-58(43-11-3-1-4-12-43)62-59(64-60)44-13-5-2-6-14-44/h1-36,38H;1-36H. The van der Waals surface area contributed by atoms with Crippen molar-refractivity contribution in [2.24, 2.45) is 0 Å². The third kappa shape index (κ3) is 14.2. The number of hydrogen-bond acceptors (Lipinski definition) is 9. The van der Waals surface area contributed by atoms with E-state index in [9.17, 15) is 10.5 Å². The van der Waals surface area contributed by atoms with Crippen LogP contribution in [0, 0.1) is 22.7 Å². The fourth-order valence-electron chi connectivity index (χ4n) is 18.7. The van der Waals surface area contributed by atoms with Crippen molar-refractivity contribution in [3.63, 3.8) is 0 Å². The second kappa shape index (κ2) is 33.0. The van der Waals surface area contributed by atoms with Gasteiger partial charge in [0.05, 0.1) is 29.0 Å². The van der Waals surface area contributed by atoms with E-state index >= 15 is 0 Å². The van der Waals surface area contributed by atoms with Crippen molar-refractivity contribution in [2.75, 3.05) is 0 Å². The predicted molar refractivity (Wildman–Crippen MR) is 530 cm³/mol. The Hall–Kier alpha value is -17.9. The van der Waals surface area contributed by atoms with Crippen molar-refractivity contribution in [2.45, 2.75) is 0 Å². The Morgan fingerprint density at radius 3 is 0.685 bits per heavy atom. The minimum absolute atomic E-state index is 0.633. The lowest BCUT2D eigenvalue weighted by molar-refractivity contribution is 1.07. The average molecular weight is 1650 g/mol. The van der Waals surface area contributed by atoms with Gasteiger partial charge in [0.25, 0.3) is 0 Å². The molecule has 0 bridgehead atoms. The third-order valence-corrected chi connectivity index (χ3v) is 25.2. The summed E-state index contributed by atoms with van der Waals surface area (Å²) in [7, 11) is 0. The molecule has 602 valence electrons. The molecule has 0 aliphatic heterocycles. The van der Waals surface area contributed by atoms with E-state index in [1.807, 2.05) is 176 Å². The molecule has 0 fully saturated rings. The molecule has 0 saturated carbocycles. The van der Waals surface area contributed by atoms with Crippen LogP contribution in [0.5, 0.6) is 0 Å². The van der Waals surface area contributed by atoms with E-state index < -0.39 is 0 Å². The van der Waals surface area contributed by atoms with Crippen LogP contribution in [-0.2, 0) is 0 Å². The Kier molecular flexibility index (Phi) is 19.5.